The number of furan rings is 1. The van der Waals surface area contributed by atoms with Crippen LogP contribution in [0.1, 0.15) is 58.5 Å². The van der Waals surface area contributed by atoms with E-state index in [2.05, 4.69) is 0 Å². The number of rotatable bonds is 10. The largest absolute Gasteiger partial charge is 0.461 e. The Kier molecular flexibility index (Phi) is 7.21. The Bertz CT molecular complexity index is 1060. The van der Waals surface area contributed by atoms with Crippen molar-refractivity contribution in [3.8, 4) is 0 Å². The smallest absolute Gasteiger partial charge is 0.223 e. The molecule has 0 unspecified atom stereocenters. The van der Waals surface area contributed by atoms with Crippen LogP contribution in [0.5, 0.6) is 0 Å². The number of thiophene rings is 1. The summed E-state index contributed by atoms with van der Waals surface area (Å²) in [5.74, 6) is 0.732. The van der Waals surface area contributed by atoms with E-state index in [1.807, 2.05) is 44.2 Å². The first-order valence-electron chi connectivity index (χ1n) is 10.2. The van der Waals surface area contributed by atoms with Crippen molar-refractivity contribution in [1.82, 2.24) is 4.90 Å². The van der Waals surface area contributed by atoms with Gasteiger partial charge in [-0.3, -0.25) is 14.4 Å². The topological polar surface area (TPSA) is 67.6 Å². The van der Waals surface area contributed by atoms with Crippen LogP contribution in [0.2, 0.25) is 0 Å². The molecule has 1 amide bonds. The Balaban J connectivity index is 1.50. The summed E-state index contributed by atoms with van der Waals surface area (Å²) in [6.45, 7) is 4.43. The van der Waals surface area contributed by atoms with E-state index < -0.39 is 0 Å². The third-order valence-corrected chi connectivity index (χ3v) is 6.23. The standard InChI is InChI=1S/C24H27NO4S/c1-4-21-19(18-7-5-6-8-22(18)29-21)15-25(3)24(28)14-11-17(26)10-12-20(27)23-13-9-16(2)30-23/h5-9,13H,4,10-12,14-15H2,1-3H3. The Morgan fingerprint density at radius 3 is 2.43 bits per heavy atom. The van der Waals surface area contributed by atoms with Crippen molar-refractivity contribution in [3.05, 3.63) is 57.5 Å². The molecule has 3 rings (SSSR count). The lowest BCUT2D eigenvalue weighted by molar-refractivity contribution is -0.132. The molecular weight excluding hydrogens is 398 g/mol. The summed E-state index contributed by atoms with van der Waals surface area (Å²) in [7, 11) is 1.75. The first kappa shape index (κ1) is 22.0. The molecule has 3 aromatic rings. The molecule has 5 nitrogen and oxygen atoms in total. The molecule has 1 aromatic carbocycles. The van der Waals surface area contributed by atoms with E-state index >= 15 is 0 Å². The zero-order valence-corrected chi connectivity index (χ0v) is 18.5. The van der Waals surface area contributed by atoms with Crippen LogP contribution >= 0.6 is 11.3 Å². The van der Waals surface area contributed by atoms with Crippen LogP contribution in [0.25, 0.3) is 11.0 Å². The lowest BCUT2D eigenvalue weighted by atomic mass is 10.1. The second kappa shape index (κ2) is 9.85. The molecule has 0 spiro atoms. The summed E-state index contributed by atoms with van der Waals surface area (Å²) in [6, 6.07) is 11.5. The highest BCUT2D eigenvalue weighted by Crippen LogP contribution is 2.27. The molecule has 0 N–H and O–H groups in total. The maximum absolute atomic E-state index is 12.5. The average molecular weight is 426 g/mol. The minimum atomic E-state index is -0.0871. The predicted octanol–water partition coefficient (Wildman–Crippen LogP) is 5.34. The lowest BCUT2D eigenvalue weighted by Gasteiger charge is -2.17. The summed E-state index contributed by atoms with van der Waals surface area (Å²) < 4.78 is 5.90. The van der Waals surface area contributed by atoms with E-state index in [1.54, 1.807) is 18.0 Å². The first-order chi connectivity index (χ1) is 14.4. The number of ketones is 2. The Morgan fingerprint density at radius 1 is 1.00 bits per heavy atom. The van der Waals surface area contributed by atoms with E-state index in [4.69, 9.17) is 4.42 Å². The molecular formula is C24H27NO4S. The molecule has 0 aliphatic rings. The van der Waals surface area contributed by atoms with Gasteiger partial charge in [-0.05, 0) is 25.1 Å². The minimum Gasteiger partial charge on any atom is -0.461 e. The van der Waals surface area contributed by atoms with Crippen LogP contribution < -0.4 is 0 Å². The van der Waals surface area contributed by atoms with Crippen LogP contribution in [0.15, 0.2) is 40.8 Å². The van der Waals surface area contributed by atoms with Gasteiger partial charge in [0, 0.05) is 61.5 Å². The van der Waals surface area contributed by atoms with E-state index in [1.165, 1.54) is 11.3 Å². The van der Waals surface area contributed by atoms with Gasteiger partial charge in [0.2, 0.25) is 5.91 Å². The van der Waals surface area contributed by atoms with Gasteiger partial charge in [-0.25, -0.2) is 0 Å². The van der Waals surface area contributed by atoms with Gasteiger partial charge in [0.25, 0.3) is 0 Å². The van der Waals surface area contributed by atoms with Crippen molar-refractivity contribution in [2.45, 2.75) is 52.5 Å². The van der Waals surface area contributed by atoms with Gasteiger partial charge >= 0.3 is 0 Å². The van der Waals surface area contributed by atoms with Gasteiger partial charge in [0.05, 0.1) is 4.88 Å². The summed E-state index contributed by atoms with van der Waals surface area (Å²) in [5, 5.41) is 1.02. The number of hydrogen-bond acceptors (Lipinski definition) is 5. The van der Waals surface area contributed by atoms with E-state index in [0.29, 0.717) is 11.4 Å². The van der Waals surface area contributed by atoms with Gasteiger partial charge < -0.3 is 9.32 Å². The van der Waals surface area contributed by atoms with Gasteiger partial charge in [-0.1, -0.05) is 25.1 Å². The first-order valence-corrected chi connectivity index (χ1v) is 11.0. The van der Waals surface area contributed by atoms with Crippen molar-refractivity contribution < 1.29 is 18.8 Å². The van der Waals surface area contributed by atoms with Gasteiger partial charge in [0.15, 0.2) is 5.78 Å². The molecule has 6 heteroatoms. The molecule has 0 saturated heterocycles. The maximum Gasteiger partial charge on any atom is 0.223 e. The summed E-state index contributed by atoms with van der Waals surface area (Å²) in [6.07, 6.45) is 1.44. The molecule has 2 heterocycles. The second-order valence-electron chi connectivity index (χ2n) is 7.48. The SMILES string of the molecule is CCc1oc2ccccc2c1CN(C)C(=O)CCC(=O)CCC(=O)c1ccc(C)s1. The highest BCUT2D eigenvalue weighted by Gasteiger charge is 2.18. The number of para-hydroxylation sites is 1. The molecule has 0 aliphatic carbocycles. The second-order valence-corrected chi connectivity index (χ2v) is 8.76. The number of hydrogen-bond donors (Lipinski definition) is 0. The molecule has 0 saturated carbocycles. The van der Waals surface area contributed by atoms with Crippen LogP contribution in [-0.4, -0.2) is 29.4 Å². The third-order valence-electron chi connectivity index (χ3n) is 5.19. The van der Waals surface area contributed by atoms with Crippen molar-refractivity contribution >= 4 is 39.8 Å². The third kappa shape index (κ3) is 5.25. The number of Topliss-reactive ketones (excluding diaryl/α,β-unsaturated/α-hetero) is 2. The number of benzene rings is 1. The molecule has 0 atom stereocenters. The summed E-state index contributed by atoms with van der Waals surface area (Å²) in [5.41, 5.74) is 1.85. The van der Waals surface area contributed by atoms with E-state index in [-0.39, 0.29) is 43.2 Å². The average Bonchev–Trinajstić information content (AvgIpc) is 3.33. The van der Waals surface area contributed by atoms with E-state index in [0.717, 1.165) is 33.6 Å². The number of carbonyl (C=O) groups excluding carboxylic acids is 3. The summed E-state index contributed by atoms with van der Waals surface area (Å²) in [4.78, 5) is 40.3. The number of aryl methyl sites for hydroxylation is 2. The van der Waals surface area contributed by atoms with Gasteiger partial charge in [-0.2, -0.15) is 0 Å². The highest BCUT2D eigenvalue weighted by atomic mass is 32.1. The van der Waals surface area contributed by atoms with Crippen LogP contribution in [0, 0.1) is 6.92 Å². The maximum atomic E-state index is 12.5. The van der Waals surface area contributed by atoms with Crippen molar-refractivity contribution in [2.24, 2.45) is 0 Å². The molecule has 0 aliphatic heterocycles. The van der Waals surface area contributed by atoms with Crippen molar-refractivity contribution in [2.75, 3.05) is 7.05 Å². The zero-order chi connectivity index (χ0) is 21.7. The van der Waals surface area contributed by atoms with Gasteiger partial charge in [-0.15, -0.1) is 11.3 Å². The number of carbonyl (C=O) groups is 3. The van der Waals surface area contributed by atoms with Gasteiger partial charge in [0.1, 0.15) is 17.1 Å². The van der Waals surface area contributed by atoms with Crippen LogP contribution in [0.3, 0.4) is 0 Å². The molecule has 0 fully saturated rings. The monoisotopic (exact) mass is 425 g/mol. The fraction of sp³-hybridized carbons (Fsp3) is 0.375. The highest BCUT2D eigenvalue weighted by molar-refractivity contribution is 7.14. The molecule has 0 bridgehead atoms. The number of amides is 1. The normalized spacial score (nSPS) is 11.0. The Hall–Kier alpha value is -2.73. The molecule has 2 aromatic heterocycles. The zero-order valence-electron chi connectivity index (χ0n) is 17.7. The fourth-order valence-electron chi connectivity index (χ4n) is 3.46. The minimum absolute atomic E-state index is 0.0103. The Morgan fingerprint density at radius 2 is 1.73 bits per heavy atom. The molecule has 30 heavy (non-hydrogen) atoms. The molecule has 158 valence electrons. The van der Waals surface area contributed by atoms with Crippen molar-refractivity contribution in [3.63, 3.8) is 0 Å². The quantitative estimate of drug-likeness (QED) is 0.411. The predicted molar refractivity (Wildman–Crippen MR) is 119 cm³/mol. The van der Waals surface area contributed by atoms with Crippen LogP contribution in [-0.2, 0) is 22.6 Å². The van der Waals surface area contributed by atoms with Crippen molar-refractivity contribution in [1.29, 1.82) is 0 Å². The van der Waals surface area contributed by atoms with Crippen LogP contribution in [0.4, 0.5) is 0 Å². The van der Waals surface area contributed by atoms with E-state index in [9.17, 15) is 14.4 Å². The number of nitrogens with zero attached hydrogens (tertiary/aromatic N) is 1. The number of fused-ring (bicyclic) bond motifs is 1. The summed E-state index contributed by atoms with van der Waals surface area (Å²) >= 11 is 1.45. The molecule has 0 radical (unpaired) electrons. The lowest BCUT2D eigenvalue weighted by Crippen LogP contribution is -2.26. The fourth-order valence-corrected chi connectivity index (χ4v) is 4.29. The Labute approximate surface area is 180 Å².